The van der Waals surface area contributed by atoms with E-state index in [1.165, 1.54) is 25.7 Å². The average molecular weight is 325 g/mol. The highest BCUT2D eigenvalue weighted by atomic mass is 16.3. The number of anilines is 1. The molecular weight excluding hydrogens is 302 g/mol. The monoisotopic (exact) mass is 325 g/mol. The molecule has 0 radical (unpaired) electrons. The van der Waals surface area contributed by atoms with Gasteiger partial charge < -0.3 is 20.0 Å². The van der Waals surface area contributed by atoms with E-state index < -0.39 is 0 Å². The number of hydrogen-bond acceptors (Lipinski definition) is 4. The van der Waals surface area contributed by atoms with Crippen molar-refractivity contribution in [1.82, 2.24) is 10.6 Å². The largest absolute Gasteiger partial charge is 0.462 e. The molecule has 126 valence electrons. The minimum atomic E-state index is 0.0322. The third-order valence-corrected chi connectivity index (χ3v) is 5.88. The molecule has 2 aromatic rings. The van der Waals surface area contributed by atoms with E-state index in [2.05, 4.69) is 15.5 Å². The Morgan fingerprint density at radius 3 is 2.88 bits per heavy atom. The number of carbonyl (C=O) groups excluding carboxylic acids is 1. The molecule has 5 rings (SSSR count). The molecule has 3 aliphatic rings. The van der Waals surface area contributed by atoms with E-state index >= 15 is 0 Å². The second-order valence-electron chi connectivity index (χ2n) is 7.39. The summed E-state index contributed by atoms with van der Waals surface area (Å²) in [5.74, 6) is 0.0322. The van der Waals surface area contributed by atoms with Crippen molar-refractivity contribution in [3.05, 3.63) is 30.0 Å². The summed E-state index contributed by atoms with van der Waals surface area (Å²) in [5, 5.41) is 7.85. The molecule has 0 saturated carbocycles. The van der Waals surface area contributed by atoms with Crippen LogP contribution >= 0.6 is 0 Å². The lowest BCUT2D eigenvalue weighted by atomic mass is 9.95. The van der Waals surface area contributed by atoms with Crippen LogP contribution in [0.5, 0.6) is 0 Å². The van der Waals surface area contributed by atoms with Gasteiger partial charge in [-0.15, -0.1) is 0 Å². The molecule has 0 spiro atoms. The minimum absolute atomic E-state index is 0.0322. The van der Waals surface area contributed by atoms with Crippen LogP contribution in [0.3, 0.4) is 0 Å². The van der Waals surface area contributed by atoms with Crippen molar-refractivity contribution in [2.24, 2.45) is 0 Å². The number of nitrogens with zero attached hydrogens (tertiary/aromatic N) is 1. The van der Waals surface area contributed by atoms with Crippen LogP contribution in [0.4, 0.5) is 5.69 Å². The molecule has 5 nitrogen and oxygen atoms in total. The van der Waals surface area contributed by atoms with Gasteiger partial charge in [-0.3, -0.25) is 4.79 Å². The summed E-state index contributed by atoms with van der Waals surface area (Å²) in [6, 6.07) is 7.10. The van der Waals surface area contributed by atoms with Crippen molar-refractivity contribution in [3.8, 4) is 0 Å². The molecule has 3 fully saturated rings. The van der Waals surface area contributed by atoms with Crippen molar-refractivity contribution in [2.45, 2.75) is 50.2 Å². The van der Waals surface area contributed by atoms with Gasteiger partial charge in [0.05, 0.1) is 5.69 Å². The van der Waals surface area contributed by atoms with Crippen LogP contribution in [0.25, 0.3) is 11.0 Å². The van der Waals surface area contributed by atoms with E-state index in [-0.39, 0.29) is 11.9 Å². The number of furan rings is 1. The van der Waals surface area contributed by atoms with Gasteiger partial charge in [0, 0.05) is 42.2 Å². The fraction of sp³-hybridized carbons (Fsp3) is 0.526. The molecule has 2 bridgehead atoms. The fourth-order valence-electron chi connectivity index (χ4n) is 4.60. The number of hydrogen-bond donors (Lipinski definition) is 2. The highest BCUT2D eigenvalue weighted by Crippen LogP contribution is 2.32. The summed E-state index contributed by atoms with van der Waals surface area (Å²) in [7, 11) is 0. The quantitative estimate of drug-likeness (QED) is 0.911. The van der Waals surface area contributed by atoms with Crippen LogP contribution in [0, 0.1) is 0 Å². The predicted octanol–water partition coefficient (Wildman–Crippen LogP) is 2.66. The Morgan fingerprint density at radius 2 is 2.12 bits per heavy atom. The minimum Gasteiger partial charge on any atom is -0.462 e. The lowest BCUT2D eigenvalue weighted by Crippen LogP contribution is -2.42. The molecule has 0 unspecified atom stereocenters. The summed E-state index contributed by atoms with van der Waals surface area (Å²) in [4.78, 5) is 15.0. The molecule has 3 aliphatic heterocycles. The Morgan fingerprint density at radius 1 is 1.25 bits per heavy atom. The Balaban J connectivity index is 1.40. The predicted molar refractivity (Wildman–Crippen MR) is 93.5 cm³/mol. The number of amides is 1. The highest BCUT2D eigenvalue weighted by molar-refractivity contribution is 6.01. The van der Waals surface area contributed by atoms with Crippen molar-refractivity contribution in [3.63, 3.8) is 0 Å². The van der Waals surface area contributed by atoms with E-state index in [1.807, 2.05) is 24.5 Å². The smallest absolute Gasteiger partial charge is 0.251 e. The van der Waals surface area contributed by atoms with E-state index in [0.29, 0.717) is 12.1 Å². The van der Waals surface area contributed by atoms with E-state index in [1.54, 1.807) is 0 Å². The zero-order chi connectivity index (χ0) is 16.1. The molecule has 1 aromatic heterocycles. The van der Waals surface area contributed by atoms with Gasteiger partial charge in [-0.05, 0) is 50.3 Å². The molecule has 1 amide bonds. The molecule has 0 aliphatic carbocycles. The first-order chi connectivity index (χ1) is 11.8. The first kappa shape index (κ1) is 14.3. The first-order valence-corrected chi connectivity index (χ1v) is 9.11. The van der Waals surface area contributed by atoms with Crippen LogP contribution in [0.2, 0.25) is 0 Å². The Bertz CT molecular complexity index is 778. The van der Waals surface area contributed by atoms with Gasteiger partial charge in [0.25, 0.3) is 5.91 Å². The maximum atomic E-state index is 12.7. The maximum absolute atomic E-state index is 12.7. The Hall–Kier alpha value is -2.01. The molecule has 24 heavy (non-hydrogen) atoms. The maximum Gasteiger partial charge on any atom is 0.251 e. The zero-order valence-electron chi connectivity index (χ0n) is 13.8. The standard InChI is InChI=1S/C19H23N3O2/c23-19(21-16-10-13-4-5-15(16)20-13)12-3-6-18-14(9-12)17(11-24-18)22-7-1-2-8-22/h3,6,9,11,13,15-16,20H,1-2,4-5,7-8,10H2,(H,21,23)/t13-,15+,16-/m1/s1. The lowest BCUT2D eigenvalue weighted by Gasteiger charge is -2.21. The summed E-state index contributed by atoms with van der Waals surface area (Å²) < 4.78 is 5.69. The van der Waals surface area contributed by atoms with Gasteiger partial charge in [0.15, 0.2) is 0 Å². The Labute approximate surface area is 141 Å². The summed E-state index contributed by atoms with van der Waals surface area (Å²) in [6.07, 6.45) is 7.77. The molecule has 2 N–H and O–H groups in total. The topological polar surface area (TPSA) is 57.5 Å². The van der Waals surface area contributed by atoms with Gasteiger partial charge >= 0.3 is 0 Å². The SMILES string of the molecule is O=C(N[C@@H]1C[C@H]2CC[C@@H]1N2)c1ccc2occ(N3CCCC3)c2c1. The number of carbonyl (C=O) groups is 1. The third-order valence-electron chi connectivity index (χ3n) is 5.88. The summed E-state index contributed by atoms with van der Waals surface area (Å²) in [5.41, 5.74) is 2.71. The lowest BCUT2D eigenvalue weighted by molar-refractivity contribution is 0.0931. The van der Waals surface area contributed by atoms with Crippen LogP contribution < -0.4 is 15.5 Å². The number of benzene rings is 1. The highest BCUT2D eigenvalue weighted by Gasteiger charge is 2.39. The van der Waals surface area contributed by atoms with Gasteiger partial charge in [-0.1, -0.05) is 0 Å². The molecule has 5 heteroatoms. The average Bonchev–Trinajstić information content (AvgIpc) is 3.36. The second kappa shape index (κ2) is 5.52. The molecule has 1 aromatic carbocycles. The van der Waals surface area contributed by atoms with Crippen molar-refractivity contribution >= 4 is 22.6 Å². The van der Waals surface area contributed by atoms with Crippen molar-refractivity contribution in [1.29, 1.82) is 0 Å². The van der Waals surface area contributed by atoms with Gasteiger partial charge in [0.2, 0.25) is 0 Å². The molecule has 3 atom stereocenters. The van der Waals surface area contributed by atoms with E-state index in [0.717, 1.165) is 41.7 Å². The van der Waals surface area contributed by atoms with Crippen molar-refractivity contribution in [2.75, 3.05) is 18.0 Å². The van der Waals surface area contributed by atoms with E-state index in [9.17, 15) is 4.79 Å². The van der Waals surface area contributed by atoms with Crippen LogP contribution in [-0.4, -0.2) is 37.1 Å². The molecular formula is C19H23N3O2. The summed E-state index contributed by atoms with van der Waals surface area (Å²) in [6.45, 7) is 2.14. The van der Waals surface area contributed by atoms with Crippen LogP contribution in [0.15, 0.2) is 28.9 Å². The normalized spacial score (nSPS) is 28.8. The second-order valence-corrected chi connectivity index (χ2v) is 7.39. The number of nitrogens with one attached hydrogen (secondary N) is 2. The van der Waals surface area contributed by atoms with Gasteiger partial charge in [-0.2, -0.15) is 0 Å². The number of fused-ring (bicyclic) bond motifs is 3. The third kappa shape index (κ3) is 2.30. The van der Waals surface area contributed by atoms with E-state index in [4.69, 9.17) is 4.42 Å². The molecule has 4 heterocycles. The molecule has 3 saturated heterocycles. The fourth-order valence-corrected chi connectivity index (χ4v) is 4.60. The summed E-state index contributed by atoms with van der Waals surface area (Å²) >= 11 is 0. The zero-order valence-corrected chi connectivity index (χ0v) is 13.8. The number of rotatable bonds is 3. The Kier molecular flexibility index (Phi) is 3.30. The van der Waals surface area contributed by atoms with Gasteiger partial charge in [0.1, 0.15) is 11.8 Å². The van der Waals surface area contributed by atoms with Crippen LogP contribution in [-0.2, 0) is 0 Å². The van der Waals surface area contributed by atoms with Crippen LogP contribution in [0.1, 0.15) is 42.5 Å². The van der Waals surface area contributed by atoms with Gasteiger partial charge in [-0.25, -0.2) is 0 Å². The van der Waals surface area contributed by atoms with Crippen molar-refractivity contribution < 1.29 is 9.21 Å². The first-order valence-electron chi connectivity index (χ1n) is 9.11.